The Hall–Kier alpha value is -3.13. The van der Waals surface area contributed by atoms with Gasteiger partial charge in [0, 0.05) is 15.7 Å². The van der Waals surface area contributed by atoms with E-state index in [9.17, 15) is 10.5 Å². The predicted molar refractivity (Wildman–Crippen MR) is 108 cm³/mol. The maximum absolute atomic E-state index is 9.39. The summed E-state index contributed by atoms with van der Waals surface area (Å²) in [5, 5.41) is 22.6. The first-order valence-corrected chi connectivity index (χ1v) is 9.12. The average Bonchev–Trinajstić information content (AvgIpc) is 3.01. The topological polar surface area (TPSA) is 98.5 Å². The van der Waals surface area contributed by atoms with Crippen molar-refractivity contribution < 1.29 is 0 Å². The zero-order chi connectivity index (χ0) is 18.5. The van der Waals surface area contributed by atoms with Crippen molar-refractivity contribution in [1.82, 2.24) is 4.98 Å². The number of para-hydroxylation sites is 1. The van der Waals surface area contributed by atoms with Crippen LogP contribution in [0.1, 0.15) is 10.4 Å². The van der Waals surface area contributed by atoms with Crippen molar-refractivity contribution in [1.29, 1.82) is 10.5 Å². The molecule has 3 rings (SSSR count). The molecule has 1 aromatic heterocycles. The van der Waals surface area contributed by atoms with Gasteiger partial charge in [-0.15, -0.1) is 0 Å². The highest BCUT2D eigenvalue weighted by atomic mass is 79.9. The molecule has 7 heteroatoms. The summed E-state index contributed by atoms with van der Waals surface area (Å²) in [6.45, 7) is 0. The molecule has 0 fully saturated rings. The van der Waals surface area contributed by atoms with Gasteiger partial charge < -0.3 is 11.1 Å². The Bertz CT molecular complexity index is 1020. The molecule has 3 N–H and O–H groups in total. The second kappa shape index (κ2) is 7.83. The molecule has 0 saturated carbocycles. The molecule has 0 radical (unpaired) electrons. The van der Waals surface area contributed by atoms with Gasteiger partial charge in [-0.2, -0.15) is 10.5 Å². The number of hydrogen-bond acceptors (Lipinski definition) is 6. The number of thiazole rings is 1. The lowest BCUT2D eigenvalue weighted by atomic mass is 9.99. The number of nitrogens with zero attached hydrogens (tertiary/aromatic N) is 3. The number of aromatic nitrogens is 1. The van der Waals surface area contributed by atoms with Gasteiger partial charge in [0.1, 0.15) is 23.5 Å². The molecule has 0 aliphatic rings. The standard InChI is InChI=1S/C19H12BrN5S/c20-14-8-6-12(7-9-14)16(13(10-21)11-22)17-18(23)25-19(26-17)24-15-4-2-1-3-5-15/h1-9H,23H2,(H,24,25). The highest BCUT2D eigenvalue weighted by Crippen LogP contribution is 2.38. The van der Waals surface area contributed by atoms with E-state index in [0.717, 1.165) is 15.7 Å². The summed E-state index contributed by atoms with van der Waals surface area (Å²) >= 11 is 4.69. The Balaban J connectivity index is 2.09. The Labute approximate surface area is 163 Å². The maximum Gasteiger partial charge on any atom is 0.189 e. The van der Waals surface area contributed by atoms with Crippen molar-refractivity contribution in [3.8, 4) is 12.1 Å². The van der Waals surface area contributed by atoms with Crippen molar-refractivity contribution in [2.24, 2.45) is 0 Å². The molecule has 0 atom stereocenters. The number of hydrogen-bond donors (Lipinski definition) is 2. The number of rotatable bonds is 4. The van der Waals surface area contributed by atoms with Crippen LogP contribution in [-0.2, 0) is 0 Å². The van der Waals surface area contributed by atoms with Gasteiger partial charge in [-0.05, 0) is 29.8 Å². The van der Waals surface area contributed by atoms with Crippen molar-refractivity contribution >= 4 is 49.5 Å². The van der Waals surface area contributed by atoms with E-state index in [1.807, 2.05) is 66.7 Å². The molecule has 0 aliphatic heterocycles. The van der Waals surface area contributed by atoms with Crippen LogP contribution in [0.25, 0.3) is 5.57 Å². The summed E-state index contributed by atoms with van der Waals surface area (Å²) in [5.41, 5.74) is 8.19. The van der Waals surface area contributed by atoms with Gasteiger partial charge in [0.25, 0.3) is 0 Å². The number of allylic oxidation sites excluding steroid dienone is 1. The number of halogens is 1. The molecule has 126 valence electrons. The molecule has 3 aromatic rings. The van der Waals surface area contributed by atoms with Gasteiger partial charge in [0.15, 0.2) is 5.13 Å². The molecular weight excluding hydrogens is 410 g/mol. The fourth-order valence-electron chi connectivity index (χ4n) is 2.35. The molecule has 0 saturated heterocycles. The second-order valence-corrected chi connectivity index (χ2v) is 7.12. The summed E-state index contributed by atoms with van der Waals surface area (Å²) in [4.78, 5) is 4.93. The lowest BCUT2D eigenvalue weighted by Gasteiger charge is -2.07. The Morgan fingerprint density at radius 1 is 1.04 bits per heavy atom. The molecule has 0 bridgehead atoms. The summed E-state index contributed by atoms with van der Waals surface area (Å²) in [6, 6.07) is 20.9. The van der Waals surface area contributed by atoms with Gasteiger partial charge in [-0.25, -0.2) is 4.98 Å². The van der Waals surface area contributed by atoms with Crippen molar-refractivity contribution in [3.05, 3.63) is 75.1 Å². The zero-order valence-corrected chi connectivity index (χ0v) is 15.8. The van der Waals surface area contributed by atoms with E-state index in [1.54, 1.807) is 0 Å². The van der Waals surface area contributed by atoms with Crippen LogP contribution in [-0.4, -0.2) is 4.98 Å². The molecule has 0 amide bonds. The summed E-state index contributed by atoms with van der Waals surface area (Å²) in [6.07, 6.45) is 0. The molecule has 0 unspecified atom stereocenters. The van der Waals surface area contributed by atoms with Crippen molar-refractivity contribution in [3.63, 3.8) is 0 Å². The first kappa shape index (κ1) is 17.7. The molecule has 26 heavy (non-hydrogen) atoms. The number of nitriles is 2. The number of anilines is 3. The first-order chi connectivity index (χ1) is 12.6. The molecular formula is C19H12BrN5S. The van der Waals surface area contributed by atoms with Crippen LogP contribution in [0.3, 0.4) is 0 Å². The van der Waals surface area contributed by atoms with E-state index < -0.39 is 0 Å². The summed E-state index contributed by atoms with van der Waals surface area (Å²) in [7, 11) is 0. The number of benzene rings is 2. The Morgan fingerprint density at radius 2 is 1.69 bits per heavy atom. The third kappa shape index (κ3) is 3.75. The lowest BCUT2D eigenvalue weighted by molar-refractivity contribution is 1.38. The van der Waals surface area contributed by atoms with Gasteiger partial charge in [-0.1, -0.05) is 57.6 Å². The Morgan fingerprint density at radius 3 is 2.31 bits per heavy atom. The van der Waals surface area contributed by atoms with Crippen LogP contribution in [0.5, 0.6) is 0 Å². The minimum absolute atomic E-state index is 0.00562. The fraction of sp³-hybridized carbons (Fsp3) is 0. The van der Waals surface area contributed by atoms with Crippen LogP contribution in [0.15, 0.2) is 64.6 Å². The maximum atomic E-state index is 9.39. The molecule has 5 nitrogen and oxygen atoms in total. The molecule has 0 spiro atoms. The largest absolute Gasteiger partial charge is 0.382 e. The lowest BCUT2D eigenvalue weighted by Crippen LogP contribution is -1.95. The Kier molecular flexibility index (Phi) is 5.33. The van der Waals surface area contributed by atoms with E-state index in [1.165, 1.54) is 11.3 Å². The van der Waals surface area contributed by atoms with E-state index in [0.29, 0.717) is 15.6 Å². The van der Waals surface area contributed by atoms with Gasteiger partial charge in [-0.3, -0.25) is 0 Å². The van der Waals surface area contributed by atoms with E-state index in [4.69, 9.17) is 5.73 Å². The number of nitrogens with two attached hydrogens (primary N) is 1. The highest BCUT2D eigenvalue weighted by molar-refractivity contribution is 9.10. The normalized spacial score (nSPS) is 9.81. The molecule has 0 aliphatic carbocycles. The quantitative estimate of drug-likeness (QED) is 0.572. The van der Waals surface area contributed by atoms with E-state index in [-0.39, 0.29) is 11.4 Å². The third-order valence-corrected chi connectivity index (χ3v) is 5.04. The van der Waals surface area contributed by atoms with Crippen molar-refractivity contribution in [2.75, 3.05) is 11.1 Å². The SMILES string of the molecule is N#CC(C#N)=C(c1ccc(Br)cc1)c1sc(Nc2ccccc2)nc1N. The van der Waals surface area contributed by atoms with Gasteiger partial charge in [0.2, 0.25) is 0 Å². The minimum Gasteiger partial charge on any atom is -0.382 e. The minimum atomic E-state index is -0.00562. The fourth-order valence-corrected chi connectivity index (χ4v) is 3.59. The summed E-state index contributed by atoms with van der Waals surface area (Å²) < 4.78 is 0.903. The van der Waals surface area contributed by atoms with Gasteiger partial charge in [0.05, 0.1) is 4.88 Å². The van der Waals surface area contributed by atoms with E-state index >= 15 is 0 Å². The van der Waals surface area contributed by atoms with Gasteiger partial charge >= 0.3 is 0 Å². The second-order valence-electron chi connectivity index (χ2n) is 5.20. The van der Waals surface area contributed by atoms with Crippen LogP contribution < -0.4 is 11.1 Å². The van der Waals surface area contributed by atoms with Crippen LogP contribution >= 0.6 is 27.3 Å². The molecule has 2 aromatic carbocycles. The monoisotopic (exact) mass is 421 g/mol. The van der Waals surface area contributed by atoms with E-state index in [2.05, 4.69) is 26.2 Å². The average molecular weight is 422 g/mol. The highest BCUT2D eigenvalue weighted by Gasteiger charge is 2.19. The van der Waals surface area contributed by atoms with Crippen LogP contribution in [0.2, 0.25) is 0 Å². The van der Waals surface area contributed by atoms with Crippen LogP contribution in [0, 0.1) is 22.7 Å². The number of nitrogens with one attached hydrogen (secondary N) is 1. The summed E-state index contributed by atoms with van der Waals surface area (Å²) in [5.74, 6) is 0.273. The first-order valence-electron chi connectivity index (χ1n) is 7.51. The predicted octanol–water partition coefficient (Wildman–Crippen LogP) is 5.08. The third-order valence-electron chi connectivity index (χ3n) is 3.51. The molecule has 1 heterocycles. The number of nitrogen functional groups attached to an aromatic ring is 1. The van der Waals surface area contributed by atoms with Crippen molar-refractivity contribution in [2.45, 2.75) is 0 Å². The van der Waals surface area contributed by atoms with Crippen LogP contribution in [0.4, 0.5) is 16.6 Å². The smallest absolute Gasteiger partial charge is 0.189 e. The zero-order valence-electron chi connectivity index (χ0n) is 13.4.